The van der Waals surface area contributed by atoms with Crippen LogP contribution >= 0.6 is 0 Å². The molecule has 0 aliphatic rings. The molecule has 0 fully saturated rings. The summed E-state index contributed by atoms with van der Waals surface area (Å²) in [4.78, 5) is 0. The Hall–Kier alpha value is -1.10. The largest absolute Gasteiger partial charge is 0.419 e. The normalized spacial score (nSPS) is 13.8. The lowest BCUT2D eigenvalue weighted by atomic mass is 9.96. The fraction of sp³-hybridized carbons (Fsp3) is 0.600. The molecule has 0 amide bonds. The van der Waals surface area contributed by atoms with Gasteiger partial charge in [0.2, 0.25) is 0 Å². The summed E-state index contributed by atoms with van der Waals surface area (Å²) >= 11 is 0. The number of benzene rings is 1. The zero-order chi connectivity index (χ0) is 15.3. The summed E-state index contributed by atoms with van der Waals surface area (Å²) in [5, 5.41) is 3.19. The summed E-state index contributed by atoms with van der Waals surface area (Å²) in [6.45, 7) is 6.76. The van der Waals surface area contributed by atoms with E-state index >= 15 is 0 Å². The second-order valence-corrected chi connectivity index (χ2v) is 5.32. The highest BCUT2D eigenvalue weighted by Gasteiger charge is 2.34. The van der Waals surface area contributed by atoms with E-state index in [9.17, 15) is 17.6 Å². The Morgan fingerprint density at radius 1 is 1.15 bits per heavy atom. The number of nitrogens with one attached hydrogen (secondary N) is 1. The first-order valence-electron chi connectivity index (χ1n) is 6.85. The highest BCUT2D eigenvalue weighted by Crippen LogP contribution is 2.33. The van der Waals surface area contributed by atoms with Gasteiger partial charge in [0.05, 0.1) is 5.56 Å². The molecule has 0 heterocycles. The molecule has 1 N–H and O–H groups in total. The van der Waals surface area contributed by atoms with Gasteiger partial charge in [-0.05, 0) is 43.0 Å². The van der Waals surface area contributed by atoms with Gasteiger partial charge >= 0.3 is 6.18 Å². The molecular weight excluding hydrogens is 270 g/mol. The van der Waals surface area contributed by atoms with Gasteiger partial charge in [0.15, 0.2) is 0 Å². The standard InChI is InChI=1S/C15H21F4N/c1-4-20-14(8-5-10(2)3)11-6-7-12(13(16)9-11)15(17,18)19/h6-7,9-10,14,20H,4-5,8H2,1-3H3. The number of hydrogen-bond donors (Lipinski definition) is 1. The molecule has 0 aliphatic heterocycles. The molecule has 1 atom stereocenters. The van der Waals surface area contributed by atoms with Crippen molar-refractivity contribution in [1.82, 2.24) is 5.32 Å². The first-order chi connectivity index (χ1) is 9.25. The van der Waals surface area contributed by atoms with Crippen LogP contribution in [0.3, 0.4) is 0 Å². The van der Waals surface area contributed by atoms with Gasteiger partial charge in [-0.25, -0.2) is 4.39 Å². The summed E-state index contributed by atoms with van der Waals surface area (Å²) in [6.07, 6.45) is -2.94. The van der Waals surface area contributed by atoms with Crippen molar-refractivity contribution < 1.29 is 17.6 Å². The van der Waals surface area contributed by atoms with Gasteiger partial charge in [0, 0.05) is 6.04 Å². The van der Waals surface area contributed by atoms with E-state index in [-0.39, 0.29) is 6.04 Å². The van der Waals surface area contributed by atoms with Crippen LogP contribution in [-0.4, -0.2) is 6.54 Å². The van der Waals surface area contributed by atoms with Crippen molar-refractivity contribution in [3.63, 3.8) is 0 Å². The van der Waals surface area contributed by atoms with Crippen molar-refractivity contribution in [3.05, 3.63) is 35.1 Å². The number of alkyl halides is 3. The minimum atomic E-state index is -4.64. The highest BCUT2D eigenvalue weighted by molar-refractivity contribution is 5.28. The Balaban J connectivity index is 2.95. The molecule has 0 spiro atoms. The van der Waals surface area contributed by atoms with Gasteiger partial charge in [0.1, 0.15) is 5.82 Å². The lowest BCUT2D eigenvalue weighted by Crippen LogP contribution is -2.22. The summed E-state index contributed by atoms with van der Waals surface area (Å²) in [5.41, 5.74) is -0.640. The van der Waals surface area contributed by atoms with Crippen LogP contribution in [0.4, 0.5) is 17.6 Å². The third-order valence-electron chi connectivity index (χ3n) is 3.18. The first kappa shape index (κ1) is 17.0. The van der Waals surface area contributed by atoms with Crippen LogP contribution in [0.5, 0.6) is 0 Å². The van der Waals surface area contributed by atoms with E-state index in [1.807, 2.05) is 6.92 Å². The molecule has 0 bridgehead atoms. The Kier molecular flexibility index (Phi) is 5.99. The van der Waals surface area contributed by atoms with Crippen molar-refractivity contribution in [2.45, 2.75) is 45.8 Å². The average Bonchev–Trinajstić information content (AvgIpc) is 2.32. The summed E-state index contributed by atoms with van der Waals surface area (Å²) in [5.74, 6) is -0.710. The smallest absolute Gasteiger partial charge is 0.310 e. The molecule has 114 valence electrons. The van der Waals surface area contributed by atoms with Gasteiger partial charge in [0.25, 0.3) is 0 Å². The molecule has 20 heavy (non-hydrogen) atoms. The third-order valence-corrected chi connectivity index (χ3v) is 3.18. The van der Waals surface area contributed by atoms with Crippen molar-refractivity contribution in [2.24, 2.45) is 5.92 Å². The van der Waals surface area contributed by atoms with E-state index in [2.05, 4.69) is 19.2 Å². The molecule has 5 heteroatoms. The van der Waals surface area contributed by atoms with Gasteiger partial charge in [-0.3, -0.25) is 0 Å². The maximum atomic E-state index is 13.6. The third kappa shape index (κ3) is 4.78. The molecule has 1 rings (SSSR count). The second kappa shape index (κ2) is 7.07. The van der Waals surface area contributed by atoms with E-state index < -0.39 is 17.6 Å². The number of rotatable bonds is 6. The van der Waals surface area contributed by atoms with Crippen LogP contribution in [0.1, 0.15) is 50.8 Å². The van der Waals surface area contributed by atoms with Crippen molar-refractivity contribution in [2.75, 3.05) is 6.54 Å². The van der Waals surface area contributed by atoms with Crippen molar-refractivity contribution >= 4 is 0 Å². The van der Waals surface area contributed by atoms with E-state index in [4.69, 9.17) is 0 Å². The zero-order valence-corrected chi connectivity index (χ0v) is 12.0. The molecule has 0 aliphatic carbocycles. The van der Waals surface area contributed by atoms with Crippen molar-refractivity contribution in [1.29, 1.82) is 0 Å². The van der Waals surface area contributed by atoms with Crippen LogP contribution in [0.15, 0.2) is 18.2 Å². The summed E-state index contributed by atoms with van der Waals surface area (Å²) < 4.78 is 51.2. The Labute approximate surface area is 117 Å². The second-order valence-electron chi connectivity index (χ2n) is 5.32. The molecule has 0 saturated carbocycles. The molecule has 1 aromatic carbocycles. The van der Waals surface area contributed by atoms with Crippen LogP contribution in [-0.2, 0) is 6.18 Å². The van der Waals surface area contributed by atoms with Crippen LogP contribution in [0.25, 0.3) is 0 Å². The predicted molar refractivity (Wildman–Crippen MR) is 71.9 cm³/mol. The SMILES string of the molecule is CCNC(CCC(C)C)c1ccc(C(F)(F)F)c(F)c1. The predicted octanol–water partition coefficient (Wildman–Crippen LogP) is 4.93. The molecular formula is C15H21F4N. The van der Waals surface area contributed by atoms with Crippen LogP contribution in [0.2, 0.25) is 0 Å². The minimum Gasteiger partial charge on any atom is -0.310 e. The topological polar surface area (TPSA) is 12.0 Å². The fourth-order valence-electron chi connectivity index (χ4n) is 2.11. The van der Waals surface area contributed by atoms with Crippen LogP contribution in [0, 0.1) is 11.7 Å². The summed E-state index contributed by atoms with van der Waals surface area (Å²) in [6, 6.07) is 3.07. The van der Waals surface area contributed by atoms with Gasteiger partial charge in [-0.1, -0.05) is 26.8 Å². The molecule has 1 unspecified atom stereocenters. The monoisotopic (exact) mass is 291 g/mol. The average molecular weight is 291 g/mol. The fourth-order valence-corrected chi connectivity index (χ4v) is 2.11. The Morgan fingerprint density at radius 3 is 2.25 bits per heavy atom. The molecule has 0 aromatic heterocycles. The molecule has 0 saturated heterocycles. The molecule has 1 aromatic rings. The van der Waals surface area contributed by atoms with Crippen molar-refractivity contribution in [3.8, 4) is 0 Å². The van der Waals surface area contributed by atoms with E-state index in [0.29, 0.717) is 18.0 Å². The van der Waals surface area contributed by atoms with Gasteiger partial charge in [-0.2, -0.15) is 13.2 Å². The number of hydrogen-bond acceptors (Lipinski definition) is 1. The number of halogens is 4. The zero-order valence-electron chi connectivity index (χ0n) is 12.0. The van der Waals surface area contributed by atoms with E-state index in [1.165, 1.54) is 6.07 Å². The van der Waals surface area contributed by atoms with E-state index in [1.54, 1.807) is 0 Å². The summed E-state index contributed by atoms with van der Waals surface area (Å²) in [7, 11) is 0. The van der Waals surface area contributed by atoms with Gasteiger partial charge < -0.3 is 5.32 Å². The highest BCUT2D eigenvalue weighted by atomic mass is 19.4. The lowest BCUT2D eigenvalue weighted by Gasteiger charge is -2.20. The maximum absolute atomic E-state index is 13.6. The minimum absolute atomic E-state index is 0.112. The molecule has 1 nitrogen and oxygen atoms in total. The lowest BCUT2D eigenvalue weighted by molar-refractivity contribution is -0.140. The first-order valence-corrected chi connectivity index (χ1v) is 6.85. The maximum Gasteiger partial charge on any atom is 0.419 e. The van der Waals surface area contributed by atoms with E-state index in [0.717, 1.165) is 25.0 Å². The molecule has 0 radical (unpaired) electrons. The van der Waals surface area contributed by atoms with Gasteiger partial charge in [-0.15, -0.1) is 0 Å². The quantitative estimate of drug-likeness (QED) is 0.733. The Morgan fingerprint density at radius 2 is 1.80 bits per heavy atom. The van der Waals surface area contributed by atoms with Crippen LogP contribution < -0.4 is 5.32 Å². The Bertz CT molecular complexity index is 426.